The second-order valence-electron chi connectivity index (χ2n) is 6.47. The summed E-state index contributed by atoms with van der Waals surface area (Å²) in [6, 6.07) is 8.61. The van der Waals surface area contributed by atoms with Crippen molar-refractivity contribution in [1.29, 1.82) is 0 Å². The van der Waals surface area contributed by atoms with Crippen molar-refractivity contribution < 1.29 is 19.0 Å². The molecule has 2 heterocycles. The Labute approximate surface area is 169 Å². The lowest BCUT2D eigenvalue weighted by Gasteiger charge is -1.99. The molecule has 150 valence electrons. The second-order valence-corrected chi connectivity index (χ2v) is 6.47. The number of hydrogen-bond acceptors (Lipinski definition) is 8. The zero-order valence-electron chi connectivity index (χ0n) is 15.6. The summed E-state index contributed by atoms with van der Waals surface area (Å²) in [5, 5.41) is 19.6. The number of hydrogen-bond donors (Lipinski definition) is 2. The van der Waals surface area contributed by atoms with Gasteiger partial charge in [-0.15, -0.1) is 0 Å². The number of aliphatic imine (C=N–C) groups is 2. The van der Waals surface area contributed by atoms with E-state index in [-0.39, 0.29) is 57.3 Å². The minimum atomic E-state index is -0.295. The van der Waals surface area contributed by atoms with Crippen LogP contribution in [0.15, 0.2) is 77.3 Å². The largest absolute Gasteiger partial charge is 0.508 e. The molecule has 2 aromatic carbocycles. The molecule has 8 heteroatoms. The molecule has 0 aliphatic carbocycles. The molecule has 4 rings (SSSR count). The first kappa shape index (κ1) is 19.1. The summed E-state index contributed by atoms with van der Waals surface area (Å²) < 4.78 is 10.8. The van der Waals surface area contributed by atoms with Gasteiger partial charge in [-0.1, -0.05) is 0 Å². The monoisotopic (exact) mass is 404 g/mol. The number of phenols is 2. The molecule has 0 atom stereocenters. The average molecular weight is 404 g/mol. The van der Waals surface area contributed by atoms with Crippen molar-refractivity contribution in [3.63, 3.8) is 0 Å². The van der Waals surface area contributed by atoms with Gasteiger partial charge in [0.25, 0.3) is 0 Å². The maximum Gasteiger partial charge on any atom is 0.201 e. The van der Waals surface area contributed by atoms with E-state index in [1.54, 1.807) is 0 Å². The maximum absolute atomic E-state index is 12.4. The fourth-order valence-electron chi connectivity index (χ4n) is 2.89. The lowest BCUT2D eigenvalue weighted by atomic mass is 10.2. The second kappa shape index (κ2) is 8.04. The van der Waals surface area contributed by atoms with Crippen LogP contribution in [0.1, 0.15) is 11.1 Å². The first-order valence-electron chi connectivity index (χ1n) is 9.01. The molecule has 4 aromatic rings. The van der Waals surface area contributed by atoms with Crippen LogP contribution in [0, 0.1) is 0 Å². The molecule has 2 aromatic heterocycles. The molecule has 0 saturated carbocycles. The average Bonchev–Trinajstić information content (AvgIpc) is 2.74. The lowest BCUT2D eigenvalue weighted by Crippen LogP contribution is -2.09. The summed E-state index contributed by atoms with van der Waals surface area (Å²) in [6.07, 6.45) is 5.39. The number of fused-ring (bicyclic) bond motifs is 2. The van der Waals surface area contributed by atoms with Crippen molar-refractivity contribution in [2.45, 2.75) is 0 Å². The highest BCUT2D eigenvalue weighted by molar-refractivity contribution is 5.87. The zero-order chi connectivity index (χ0) is 21.1. The third-order valence-electron chi connectivity index (χ3n) is 4.38. The smallest absolute Gasteiger partial charge is 0.201 e. The number of rotatable bonds is 5. The molecule has 0 spiro atoms. The van der Waals surface area contributed by atoms with Crippen molar-refractivity contribution in [3.05, 3.63) is 80.5 Å². The van der Waals surface area contributed by atoms with Crippen LogP contribution in [0.2, 0.25) is 0 Å². The molecule has 0 amide bonds. The molecule has 8 nitrogen and oxygen atoms in total. The van der Waals surface area contributed by atoms with E-state index < -0.39 is 0 Å². The van der Waals surface area contributed by atoms with Crippen LogP contribution in [-0.4, -0.2) is 35.7 Å². The van der Waals surface area contributed by atoms with Gasteiger partial charge in [0, 0.05) is 12.4 Å². The Morgan fingerprint density at radius 3 is 1.60 bits per heavy atom. The highest BCUT2D eigenvalue weighted by Gasteiger charge is 2.07. The van der Waals surface area contributed by atoms with E-state index in [2.05, 4.69) is 9.98 Å². The Morgan fingerprint density at radius 1 is 0.733 bits per heavy atom. The Morgan fingerprint density at radius 2 is 1.17 bits per heavy atom. The first-order valence-corrected chi connectivity index (χ1v) is 9.01. The molecule has 0 aliphatic rings. The Hall–Kier alpha value is -4.20. The van der Waals surface area contributed by atoms with Crippen molar-refractivity contribution in [3.8, 4) is 11.5 Å². The van der Waals surface area contributed by atoms with Gasteiger partial charge < -0.3 is 19.0 Å². The van der Waals surface area contributed by atoms with Gasteiger partial charge in [0.15, 0.2) is 0 Å². The van der Waals surface area contributed by atoms with Crippen LogP contribution in [0.4, 0.5) is 0 Å². The van der Waals surface area contributed by atoms with Crippen LogP contribution in [0.5, 0.6) is 11.5 Å². The zero-order valence-corrected chi connectivity index (χ0v) is 15.6. The Bertz CT molecular complexity index is 1310. The minimum absolute atomic E-state index is 0.0217. The molecule has 0 fully saturated rings. The molecule has 0 saturated heterocycles. The highest BCUT2D eigenvalue weighted by atomic mass is 16.3. The summed E-state index contributed by atoms with van der Waals surface area (Å²) in [7, 11) is 0. The minimum Gasteiger partial charge on any atom is -0.508 e. The molecule has 0 unspecified atom stereocenters. The van der Waals surface area contributed by atoms with Crippen LogP contribution < -0.4 is 10.9 Å². The van der Waals surface area contributed by atoms with E-state index in [1.165, 1.54) is 61.4 Å². The summed E-state index contributed by atoms with van der Waals surface area (Å²) >= 11 is 0. The van der Waals surface area contributed by atoms with Gasteiger partial charge in [0.1, 0.15) is 35.2 Å². The third kappa shape index (κ3) is 3.83. The highest BCUT2D eigenvalue weighted by Crippen LogP contribution is 2.18. The number of nitrogens with zero attached hydrogens (tertiary/aromatic N) is 2. The Kier molecular flexibility index (Phi) is 5.13. The molecule has 0 radical (unpaired) electrons. The van der Waals surface area contributed by atoms with E-state index in [9.17, 15) is 19.8 Å². The number of benzene rings is 2. The van der Waals surface area contributed by atoms with Crippen molar-refractivity contribution in [1.82, 2.24) is 0 Å². The summed E-state index contributed by atoms with van der Waals surface area (Å²) in [6.45, 7) is 0.571. The van der Waals surface area contributed by atoms with Crippen LogP contribution in [0.3, 0.4) is 0 Å². The van der Waals surface area contributed by atoms with E-state index >= 15 is 0 Å². The van der Waals surface area contributed by atoms with Gasteiger partial charge in [-0.05, 0) is 36.4 Å². The predicted molar refractivity (Wildman–Crippen MR) is 113 cm³/mol. The van der Waals surface area contributed by atoms with E-state index in [4.69, 9.17) is 8.83 Å². The van der Waals surface area contributed by atoms with Gasteiger partial charge in [-0.25, -0.2) is 0 Å². The van der Waals surface area contributed by atoms with Crippen molar-refractivity contribution in [2.75, 3.05) is 13.1 Å². The van der Waals surface area contributed by atoms with Crippen LogP contribution >= 0.6 is 0 Å². The van der Waals surface area contributed by atoms with Gasteiger partial charge in [-0.3, -0.25) is 19.6 Å². The fourth-order valence-corrected chi connectivity index (χ4v) is 2.89. The molecule has 30 heavy (non-hydrogen) atoms. The van der Waals surface area contributed by atoms with E-state index in [0.717, 1.165) is 0 Å². The van der Waals surface area contributed by atoms with Crippen LogP contribution in [0.25, 0.3) is 21.9 Å². The summed E-state index contributed by atoms with van der Waals surface area (Å²) in [5.74, 6) is -0.0433. The maximum atomic E-state index is 12.4. The summed E-state index contributed by atoms with van der Waals surface area (Å²) in [5.41, 5.74) is 0.677. The van der Waals surface area contributed by atoms with Crippen molar-refractivity contribution >= 4 is 34.4 Å². The summed E-state index contributed by atoms with van der Waals surface area (Å²) in [4.78, 5) is 33.1. The van der Waals surface area contributed by atoms with Gasteiger partial charge in [-0.2, -0.15) is 0 Å². The predicted octanol–water partition coefficient (Wildman–Crippen LogP) is 2.85. The van der Waals surface area contributed by atoms with Gasteiger partial charge >= 0.3 is 0 Å². The normalized spacial score (nSPS) is 11.9. The fraction of sp³-hybridized carbons (Fsp3) is 0.0909. The molecule has 0 aliphatic heterocycles. The number of aromatic hydroxyl groups is 2. The molecule has 2 N–H and O–H groups in total. The van der Waals surface area contributed by atoms with E-state index in [0.29, 0.717) is 11.2 Å². The van der Waals surface area contributed by atoms with Crippen molar-refractivity contribution in [2.24, 2.45) is 9.98 Å². The third-order valence-corrected chi connectivity index (χ3v) is 4.38. The molecule has 0 bridgehead atoms. The van der Waals surface area contributed by atoms with Gasteiger partial charge in [0.2, 0.25) is 10.9 Å². The van der Waals surface area contributed by atoms with Gasteiger partial charge in [0.05, 0.1) is 35.0 Å². The lowest BCUT2D eigenvalue weighted by molar-refractivity contribution is 0.475. The molecular formula is C22H16N2O6. The topological polar surface area (TPSA) is 126 Å². The number of phenolic OH excluding ortho intramolecular Hbond substituents is 2. The molecular weight excluding hydrogens is 388 g/mol. The van der Waals surface area contributed by atoms with E-state index in [1.807, 2.05) is 0 Å². The first-order chi connectivity index (χ1) is 14.5. The quantitative estimate of drug-likeness (QED) is 0.389. The standard InChI is InChI=1S/C22H16N2O6/c25-15-1-3-19-17(7-15)21(27)13(11-29-19)9-23-5-6-24-10-14-12-30-20-4-2-16(26)8-18(20)22(14)28/h1-4,7-12,25-26H,5-6H2. The SMILES string of the molecule is O=c1c(C=NCCN=Cc2coc3ccc(O)cc3c2=O)coc2ccc(O)cc12. The Balaban J connectivity index is 1.44. The van der Waals surface area contributed by atoms with Crippen LogP contribution in [-0.2, 0) is 0 Å².